The highest BCUT2D eigenvalue weighted by molar-refractivity contribution is 9.10. The number of ether oxygens (including phenoxy) is 1. The molecule has 23 heavy (non-hydrogen) atoms. The van der Waals surface area contributed by atoms with Gasteiger partial charge in [-0.3, -0.25) is 4.79 Å². The van der Waals surface area contributed by atoms with Crippen molar-refractivity contribution in [1.29, 1.82) is 0 Å². The van der Waals surface area contributed by atoms with Crippen LogP contribution in [0.5, 0.6) is 0 Å². The molecule has 0 spiro atoms. The number of esters is 1. The van der Waals surface area contributed by atoms with E-state index in [0.717, 1.165) is 10.4 Å². The van der Waals surface area contributed by atoms with Gasteiger partial charge in [-0.1, -0.05) is 0 Å². The van der Waals surface area contributed by atoms with E-state index in [-0.39, 0.29) is 11.3 Å². The largest absolute Gasteiger partial charge is 0.449 e. The molecule has 0 fully saturated rings. The van der Waals surface area contributed by atoms with Gasteiger partial charge in [0, 0.05) is 4.88 Å². The van der Waals surface area contributed by atoms with Crippen LogP contribution in [0.3, 0.4) is 0 Å². The van der Waals surface area contributed by atoms with Crippen molar-refractivity contribution in [3.8, 4) is 0 Å². The minimum Gasteiger partial charge on any atom is -0.449 e. The number of furan rings is 1. The number of aromatic amines is 1. The molecule has 0 saturated heterocycles. The van der Waals surface area contributed by atoms with Crippen LogP contribution in [0.2, 0.25) is 0 Å². The molecule has 6 nitrogen and oxygen atoms in total. The lowest BCUT2D eigenvalue weighted by Crippen LogP contribution is -2.17. The smallest absolute Gasteiger partial charge is 0.374 e. The molecule has 0 saturated carbocycles. The Hall–Kier alpha value is -1.93. The van der Waals surface area contributed by atoms with Crippen molar-refractivity contribution in [3.05, 3.63) is 49.2 Å². The molecule has 0 aliphatic heterocycles. The average Bonchev–Trinajstić information content (AvgIpc) is 3.03. The second-order valence-electron chi connectivity index (χ2n) is 5.07. The predicted octanol–water partition coefficient (Wildman–Crippen LogP) is 3.87. The molecule has 3 heterocycles. The van der Waals surface area contributed by atoms with Gasteiger partial charge in [0.1, 0.15) is 4.83 Å². The molecule has 0 bridgehead atoms. The maximum absolute atomic E-state index is 12.2. The quantitative estimate of drug-likeness (QED) is 0.678. The van der Waals surface area contributed by atoms with E-state index in [2.05, 4.69) is 25.9 Å². The first kappa shape index (κ1) is 15.9. The summed E-state index contributed by atoms with van der Waals surface area (Å²) in [4.78, 5) is 33.0. The van der Waals surface area contributed by atoms with Gasteiger partial charge in [0.05, 0.1) is 5.39 Å². The summed E-state index contributed by atoms with van der Waals surface area (Å²) in [6.45, 7) is 5.48. The van der Waals surface area contributed by atoms with Crippen LogP contribution in [0.25, 0.3) is 10.2 Å². The molecule has 0 amide bonds. The summed E-state index contributed by atoms with van der Waals surface area (Å²) in [6, 6.07) is 3.11. The molecule has 0 aliphatic rings. The Labute approximate surface area is 143 Å². The first-order valence-electron chi connectivity index (χ1n) is 6.83. The third-order valence-corrected chi connectivity index (χ3v) is 5.03. The standard InChI is InChI=1S/C15H13BrN2O4S/c1-6-8(3)23-14-11(6)13(19)17-12(18-14)7(2)21-15(20)9-4-5-10(16)22-9/h4-5,7H,1-3H3,(H,17,18,19)/t7-/m1/s1. The van der Waals surface area contributed by atoms with E-state index in [4.69, 9.17) is 9.15 Å². The second-order valence-corrected chi connectivity index (χ2v) is 7.05. The Morgan fingerprint density at radius 1 is 1.43 bits per heavy atom. The fourth-order valence-electron chi connectivity index (χ4n) is 2.16. The number of carbonyl (C=O) groups excluding carboxylic acids is 1. The highest BCUT2D eigenvalue weighted by atomic mass is 79.9. The lowest BCUT2D eigenvalue weighted by molar-refractivity contribution is 0.0282. The second kappa shape index (κ2) is 5.93. The number of halogens is 1. The van der Waals surface area contributed by atoms with Crippen LogP contribution in [0.1, 0.15) is 39.8 Å². The summed E-state index contributed by atoms with van der Waals surface area (Å²) in [6.07, 6.45) is -0.703. The third-order valence-electron chi connectivity index (χ3n) is 3.50. The summed E-state index contributed by atoms with van der Waals surface area (Å²) >= 11 is 4.57. The fourth-order valence-corrected chi connectivity index (χ4v) is 3.51. The summed E-state index contributed by atoms with van der Waals surface area (Å²) in [5, 5.41) is 0.588. The van der Waals surface area contributed by atoms with Crippen molar-refractivity contribution in [2.75, 3.05) is 0 Å². The van der Waals surface area contributed by atoms with Crippen LogP contribution >= 0.6 is 27.3 Å². The normalized spacial score (nSPS) is 12.5. The van der Waals surface area contributed by atoms with Crippen molar-refractivity contribution in [3.63, 3.8) is 0 Å². The Morgan fingerprint density at radius 3 is 2.83 bits per heavy atom. The summed E-state index contributed by atoms with van der Waals surface area (Å²) < 4.78 is 10.9. The number of H-pyrrole nitrogens is 1. The molecule has 3 aromatic heterocycles. The van der Waals surface area contributed by atoms with Crippen molar-refractivity contribution in [2.24, 2.45) is 0 Å². The summed E-state index contributed by atoms with van der Waals surface area (Å²) in [5.41, 5.74) is 0.700. The van der Waals surface area contributed by atoms with Gasteiger partial charge in [0.2, 0.25) is 5.76 Å². The van der Waals surface area contributed by atoms with Gasteiger partial charge in [0.25, 0.3) is 5.56 Å². The monoisotopic (exact) mass is 396 g/mol. The highest BCUT2D eigenvalue weighted by Crippen LogP contribution is 2.27. The number of aromatic nitrogens is 2. The Balaban J connectivity index is 1.90. The summed E-state index contributed by atoms with van der Waals surface area (Å²) in [7, 11) is 0. The first-order chi connectivity index (χ1) is 10.9. The third kappa shape index (κ3) is 2.96. The zero-order valence-corrected chi connectivity index (χ0v) is 15.0. The van der Waals surface area contributed by atoms with Gasteiger partial charge in [0.15, 0.2) is 16.6 Å². The molecule has 8 heteroatoms. The number of hydrogen-bond acceptors (Lipinski definition) is 6. The number of fused-ring (bicyclic) bond motifs is 1. The molecule has 120 valence electrons. The Morgan fingerprint density at radius 2 is 2.17 bits per heavy atom. The Kier molecular flexibility index (Phi) is 4.11. The number of nitrogens with one attached hydrogen (secondary N) is 1. The van der Waals surface area contributed by atoms with Crippen LogP contribution < -0.4 is 5.56 Å². The molecule has 0 aromatic carbocycles. The number of carbonyl (C=O) groups is 1. The van der Waals surface area contributed by atoms with Crippen LogP contribution in [0.4, 0.5) is 0 Å². The van der Waals surface area contributed by atoms with E-state index in [1.807, 2.05) is 13.8 Å². The lowest BCUT2D eigenvalue weighted by atomic mass is 10.2. The number of hydrogen-bond donors (Lipinski definition) is 1. The molecule has 0 unspecified atom stereocenters. The van der Waals surface area contributed by atoms with E-state index in [9.17, 15) is 9.59 Å². The van der Waals surface area contributed by atoms with E-state index >= 15 is 0 Å². The van der Waals surface area contributed by atoms with Crippen LogP contribution in [-0.2, 0) is 4.74 Å². The molecule has 3 rings (SSSR count). The molecule has 0 radical (unpaired) electrons. The number of aryl methyl sites for hydroxylation is 2. The zero-order chi connectivity index (χ0) is 16.7. The number of rotatable bonds is 3. The SMILES string of the molecule is Cc1sc2nc([C@@H](C)OC(=O)c3ccc(Br)o3)[nH]c(=O)c2c1C. The zero-order valence-electron chi connectivity index (χ0n) is 12.6. The molecular weight excluding hydrogens is 384 g/mol. The van der Waals surface area contributed by atoms with Crippen molar-refractivity contribution >= 4 is 43.5 Å². The maximum Gasteiger partial charge on any atom is 0.374 e. The van der Waals surface area contributed by atoms with Crippen LogP contribution in [0, 0.1) is 13.8 Å². The molecule has 3 aromatic rings. The van der Waals surface area contributed by atoms with Gasteiger partial charge < -0.3 is 14.1 Å². The van der Waals surface area contributed by atoms with Gasteiger partial charge in [-0.2, -0.15) is 0 Å². The van der Waals surface area contributed by atoms with Crippen LogP contribution in [0.15, 0.2) is 26.0 Å². The van der Waals surface area contributed by atoms with Gasteiger partial charge in [-0.15, -0.1) is 11.3 Å². The minimum atomic E-state index is -0.703. The van der Waals surface area contributed by atoms with Crippen molar-refractivity contribution < 1.29 is 13.9 Å². The summed E-state index contributed by atoms with van der Waals surface area (Å²) in [5.74, 6) is -0.234. The Bertz CT molecular complexity index is 956. The molecule has 0 aliphatic carbocycles. The van der Waals surface area contributed by atoms with Crippen molar-refractivity contribution in [1.82, 2.24) is 9.97 Å². The van der Waals surface area contributed by atoms with Gasteiger partial charge in [-0.05, 0) is 54.4 Å². The molecular formula is C15H13BrN2O4S. The fraction of sp³-hybridized carbons (Fsp3) is 0.267. The van der Waals surface area contributed by atoms with Gasteiger partial charge >= 0.3 is 5.97 Å². The predicted molar refractivity (Wildman–Crippen MR) is 90.0 cm³/mol. The van der Waals surface area contributed by atoms with Crippen molar-refractivity contribution in [2.45, 2.75) is 26.9 Å². The average molecular weight is 397 g/mol. The topological polar surface area (TPSA) is 85.2 Å². The van der Waals surface area contributed by atoms with E-state index in [1.54, 1.807) is 13.0 Å². The first-order valence-corrected chi connectivity index (χ1v) is 8.44. The maximum atomic E-state index is 12.2. The highest BCUT2D eigenvalue weighted by Gasteiger charge is 2.20. The van der Waals surface area contributed by atoms with Gasteiger partial charge in [-0.25, -0.2) is 9.78 Å². The molecule has 1 N–H and O–H groups in total. The van der Waals surface area contributed by atoms with E-state index in [1.165, 1.54) is 17.4 Å². The molecule has 1 atom stereocenters. The van der Waals surface area contributed by atoms with E-state index < -0.39 is 12.1 Å². The minimum absolute atomic E-state index is 0.0787. The number of thiophene rings is 1. The van der Waals surface area contributed by atoms with E-state index in [0.29, 0.717) is 20.7 Å². The number of nitrogens with zero attached hydrogens (tertiary/aromatic N) is 1. The van der Waals surface area contributed by atoms with Crippen LogP contribution in [-0.4, -0.2) is 15.9 Å². The lowest BCUT2D eigenvalue weighted by Gasteiger charge is -2.11.